The molecule has 0 saturated carbocycles. The summed E-state index contributed by atoms with van der Waals surface area (Å²) < 4.78 is 0. The number of H-pyrrole nitrogens is 1. The first-order valence-electron chi connectivity index (χ1n) is 11.6. The van der Waals surface area contributed by atoms with E-state index >= 15 is 0 Å². The number of hydrogen-bond donors (Lipinski definition) is 1. The van der Waals surface area contributed by atoms with Gasteiger partial charge in [-0.1, -0.05) is 45.8 Å². The Bertz CT molecular complexity index is 1050. The van der Waals surface area contributed by atoms with Crippen LogP contribution in [-0.4, -0.2) is 38.8 Å². The van der Waals surface area contributed by atoms with E-state index in [1.54, 1.807) is 6.07 Å². The predicted molar refractivity (Wildman–Crippen MR) is 129 cm³/mol. The lowest BCUT2D eigenvalue weighted by Gasteiger charge is -2.20. The van der Waals surface area contributed by atoms with Gasteiger partial charge in [0, 0.05) is 35.9 Å². The maximum Gasteiger partial charge on any atom is 0.272 e. The molecule has 3 aromatic heterocycles. The van der Waals surface area contributed by atoms with Crippen LogP contribution in [-0.2, 0) is 0 Å². The molecule has 31 heavy (non-hydrogen) atoms. The fourth-order valence-electron chi connectivity index (χ4n) is 3.82. The molecule has 1 N–H and O–H groups in total. The minimum atomic E-state index is -0.00956. The number of pyridine rings is 2. The van der Waals surface area contributed by atoms with Crippen LogP contribution in [0.25, 0.3) is 27.9 Å². The lowest BCUT2D eigenvalue weighted by Crippen LogP contribution is -2.32. The molecule has 1 amide bonds. The molecule has 5 nitrogen and oxygen atoms in total. The van der Waals surface area contributed by atoms with Crippen LogP contribution < -0.4 is 0 Å². The Balaban J connectivity index is 1.90. The van der Waals surface area contributed by atoms with Gasteiger partial charge in [-0.25, -0.2) is 9.97 Å². The summed E-state index contributed by atoms with van der Waals surface area (Å²) in [6, 6.07) is 9.91. The van der Waals surface area contributed by atoms with Crippen LogP contribution in [0.2, 0.25) is 0 Å². The molecule has 3 heterocycles. The molecule has 0 aliphatic rings. The first-order chi connectivity index (χ1) is 15.1. The number of allylic oxidation sites excluding steroid dienone is 2. The number of aromatic nitrogens is 3. The Morgan fingerprint density at radius 1 is 1.13 bits per heavy atom. The number of hydrogen-bond acceptors (Lipinski definition) is 3. The van der Waals surface area contributed by atoms with Crippen molar-refractivity contribution >= 4 is 22.5 Å². The zero-order valence-electron chi connectivity index (χ0n) is 19.2. The molecule has 0 aromatic carbocycles. The van der Waals surface area contributed by atoms with Gasteiger partial charge in [0.25, 0.3) is 5.91 Å². The Morgan fingerprint density at radius 2 is 1.97 bits per heavy atom. The van der Waals surface area contributed by atoms with Crippen molar-refractivity contribution in [2.24, 2.45) is 0 Å². The number of unbranched alkanes of at least 4 members (excludes halogenated alkanes) is 1. The summed E-state index contributed by atoms with van der Waals surface area (Å²) in [6.45, 7) is 9.97. The highest BCUT2D eigenvalue weighted by Gasteiger charge is 2.16. The van der Waals surface area contributed by atoms with Gasteiger partial charge in [-0.2, -0.15) is 0 Å². The first-order valence-corrected chi connectivity index (χ1v) is 11.6. The summed E-state index contributed by atoms with van der Waals surface area (Å²) >= 11 is 0. The third-order valence-corrected chi connectivity index (χ3v) is 5.50. The van der Waals surface area contributed by atoms with Gasteiger partial charge in [0.1, 0.15) is 11.3 Å². The average Bonchev–Trinajstić information content (AvgIpc) is 3.22. The van der Waals surface area contributed by atoms with Gasteiger partial charge in [-0.15, -0.1) is 0 Å². The molecule has 0 radical (unpaired) electrons. The molecule has 5 heteroatoms. The molecule has 3 aromatic rings. The number of nitrogens with one attached hydrogen (secondary N) is 1. The highest BCUT2D eigenvalue weighted by molar-refractivity contribution is 5.93. The molecular weight excluding hydrogens is 384 g/mol. The summed E-state index contributed by atoms with van der Waals surface area (Å²) in [5.74, 6) is -0.00956. The number of fused-ring (bicyclic) bond motifs is 1. The average molecular weight is 419 g/mol. The van der Waals surface area contributed by atoms with Crippen molar-refractivity contribution in [1.82, 2.24) is 19.9 Å². The first kappa shape index (κ1) is 22.7. The second-order valence-corrected chi connectivity index (χ2v) is 7.88. The van der Waals surface area contributed by atoms with Crippen molar-refractivity contribution < 1.29 is 4.79 Å². The molecule has 0 bridgehead atoms. The monoisotopic (exact) mass is 418 g/mol. The summed E-state index contributed by atoms with van der Waals surface area (Å²) in [5.41, 5.74) is 5.52. The standard InChI is InChI=1S/C26H34N4O/c1-5-9-15-30(8-4)26(31)23-14-10-13-22(28-23)21-16-20-17-24(29-25(20)27-18-21)19(11-6-2)12-7-3/h10-11,13-14,16-18H,5-9,12,15H2,1-4H3,(H,27,29)/b19-11+. The Hall–Kier alpha value is -2.95. The maximum atomic E-state index is 12.9. The summed E-state index contributed by atoms with van der Waals surface area (Å²) in [6.07, 6.45) is 9.35. The Kier molecular flexibility index (Phi) is 7.99. The number of carbonyl (C=O) groups is 1. The van der Waals surface area contributed by atoms with Crippen molar-refractivity contribution in [3.63, 3.8) is 0 Å². The van der Waals surface area contributed by atoms with E-state index < -0.39 is 0 Å². The van der Waals surface area contributed by atoms with Crippen LogP contribution in [0.15, 0.2) is 42.6 Å². The molecule has 164 valence electrons. The zero-order chi connectivity index (χ0) is 22.2. The van der Waals surface area contributed by atoms with Crippen LogP contribution in [0.1, 0.15) is 76.0 Å². The second kappa shape index (κ2) is 10.9. The molecule has 0 atom stereocenters. The quantitative estimate of drug-likeness (QED) is 0.410. The highest BCUT2D eigenvalue weighted by Crippen LogP contribution is 2.27. The van der Waals surface area contributed by atoms with Crippen LogP contribution >= 0.6 is 0 Å². The van der Waals surface area contributed by atoms with Crippen LogP contribution in [0.4, 0.5) is 0 Å². The largest absolute Gasteiger partial charge is 0.340 e. The molecule has 0 aliphatic heterocycles. The van der Waals surface area contributed by atoms with Gasteiger partial charge in [-0.05, 0) is 56.0 Å². The van der Waals surface area contributed by atoms with Gasteiger partial charge in [0.2, 0.25) is 0 Å². The van der Waals surface area contributed by atoms with E-state index in [0.717, 1.165) is 66.6 Å². The molecule has 0 unspecified atom stereocenters. The molecule has 0 aliphatic carbocycles. The van der Waals surface area contributed by atoms with E-state index in [2.05, 4.69) is 53.9 Å². The van der Waals surface area contributed by atoms with E-state index in [1.165, 1.54) is 5.57 Å². The van der Waals surface area contributed by atoms with Crippen molar-refractivity contribution in [3.8, 4) is 11.3 Å². The van der Waals surface area contributed by atoms with Crippen LogP contribution in [0.3, 0.4) is 0 Å². The SMILES string of the molecule is CC/C=C(\CCC)c1cc2cc(-c3cccc(C(=O)N(CC)CCCC)n3)cnc2[nH]1. The summed E-state index contributed by atoms with van der Waals surface area (Å²) in [4.78, 5) is 27.5. The lowest BCUT2D eigenvalue weighted by molar-refractivity contribution is 0.0756. The Morgan fingerprint density at radius 3 is 2.68 bits per heavy atom. The van der Waals surface area contributed by atoms with E-state index in [1.807, 2.05) is 30.2 Å². The van der Waals surface area contributed by atoms with Crippen molar-refractivity contribution in [3.05, 3.63) is 54.0 Å². The van der Waals surface area contributed by atoms with Crippen molar-refractivity contribution in [1.29, 1.82) is 0 Å². The minimum absolute atomic E-state index is 0.00956. The van der Waals surface area contributed by atoms with E-state index in [9.17, 15) is 4.79 Å². The molecule has 0 fully saturated rings. The minimum Gasteiger partial charge on any atom is -0.340 e. The van der Waals surface area contributed by atoms with Gasteiger partial charge < -0.3 is 9.88 Å². The normalized spacial score (nSPS) is 11.8. The topological polar surface area (TPSA) is 61.9 Å². The van der Waals surface area contributed by atoms with Crippen molar-refractivity contribution in [2.45, 2.75) is 59.8 Å². The van der Waals surface area contributed by atoms with E-state index in [4.69, 9.17) is 0 Å². The van der Waals surface area contributed by atoms with E-state index in [-0.39, 0.29) is 5.91 Å². The predicted octanol–water partition coefficient (Wildman–Crippen LogP) is 6.48. The smallest absolute Gasteiger partial charge is 0.272 e. The maximum absolute atomic E-state index is 12.9. The van der Waals surface area contributed by atoms with Crippen LogP contribution in [0.5, 0.6) is 0 Å². The number of nitrogens with zero attached hydrogens (tertiary/aromatic N) is 3. The highest BCUT2D eigenvalue weighted by atomic mass is 16.2. The van der Waals surface area contributed by atoms with Gasteiger partial charge in [0.05, 0.1) is 5.69 Å². The Labute approximate surface area is 185 Å². The third kappa shape index (κ3) is 5.40. The number of rotatable bonds is 10. The zero-order valence-corrected chi connectivity index (χ0v) is 19.2. The molecule has 0 saturated heterocycles. The second-order valence-electron chi connectivity index (χ2n) is 7.88. The van der Waals surface area contributed by atoms with Crippen LogP contribution in [0, 0.1) is 0 Å². The third-order valence-electron chi connectivity index (χ3n) is 5.50. The fourth-order valence-corrected chi connectivity index (χ4v) is 3.82. The number of aromatic amines is 1. The molecule has 0 spiro atoms. The van der Waals surface area contributed by atoms with Gasteiger partial charge in [0.15, 0.2) is 0 Å². The summed E-state index contributed by atoms with van der Waals surface area (Å²) in [7, 11) is 0. The van der Waals surface area contributed by atoms with Crippen molar-refractivity contribution in [2.75, 3.05) is 13.1 Å². The number of carbonyl (C=O) groups excluding carboxylic acids is 1. The summed E-state index contributed by atoms with van der Waals surface area (Å²) in [5, 5.41) is 1.06. The number of amides is 1. The van der Waals surface area contributed by atoms with Gasteiger partial charge in [-0.3, -0.25) is 4.79 Å². The van der Waals surface area contributed by atoms with Gasteiger partial charge >= 0.3 is 0 Å². The molecular formula is C26H34N4O. The van der Waals surface area contributed by atoms with E-state index in [0.29, 0.717) is 12.2 Å². The molecule has 3 rings (SSSR count). The lowest BCUT2D eigenvalue weighted by atomic mass is 10.1. The fraction of sp³-hybridized carbons (Fsp3) is 0.423.